The zero-order valence-corrected chi connectivity index (χ0v) is 13.7. The highest BCUT2D eigenvalue weighted by Crippen LogP contribution is 2.18. The zero-order chi connectivity index (χ0) is 16.3. The number of benzene rings is 1. The molecular formula is C14H15ClN2O4S. The van der Waals surface area contributed by atoms with Gasteiger partial charge in [-0.05, 0) is 31.5 Å². The molecule has 0 spiro atoms. The number of esters is 1. The molecule has 1 aromatic carbocycles. The van der Waals surface area contributed by atoms with E-state index in [-0.39, 0.29) is 24.4 Å². The summed E-state index contributed by atoms with van der Waals surface area (Å²) in [6.45, 7) is 3.37. The lowest BCUT2D eigenvalue weighted by atomic mass is 10.2. The summed E-state index contributed by atoms with van der Waals surface area (Å²) in [6, 6.07) is 6.88. The predicted molar refractivity (Wildman–Crippen MR) is 83.7 cm³/mol. The van der Waals surface area contributed by atoms with Crippen LogP contribution in [0.25, 0.3) is 0 Å². The van der Waals surface area contributed by atoms with E-state index in [1.165, 1.54) is 13.1 Å². The van der Waals surface area contributed by atoms with E-state index in [9.17, 15) is 13.2 Å². The van der Waals surface area contributed by atoms with Crippen LogP contribution >= 0.6 is 11.6 Å². The lowest BCUT2D eigenvalue weighted by Crippen LogP contribution is -2.31. The van der Waals surface area contributed by atoms with Crippen molar-refractivity contribution in [1.29, 1.82) is 0 Å². The van der Waals surface area contributed by atoms with Crippen molar-refractivity contribution >= 4 is 33.5 Å². The molecule has 0 atom stereocenters. The van der Waals surface area contributed by atoms with Gasteiger partial charge in [-0.1, -0.05) is 23.7 Å². The van der Waals surface area contributed by atoms with Crippen LogP contribution in [0.15, 0.2) is 40.4 Å². The Balaban J connectivity index is 2.10. The summed E-state index contributed by atoms with van der Waals surface area (Å²) in [4.78, 5) is 12.1. The van der Waals surface area contributed by atoms with Crippen molar-refractivity contribution in [3.63, 3.8) is 0 Å². The van der Waals surface area contributed by atoms with E-state index in [2.05, 4.69) is 4.40 Å². The Morgan fingerprint density at radius 2 is 1.95 bits per heavy atom. The lowest BCUT2D eigenvalue weighted by molar-refractivity contribution is -0.139. The summed E-state index contributed by atoms with van der Waals surface area (Å²) >= 11 is 5.78. The van der Waals surface area contributed by atoms with Gasteiger partial charge in [0.25, 0.3) is 0 Å². The minimum Gasteiger partial charge on any atom is -0.457 e. The number of halogens is 1. The monoisotopic (exact) mass is 342 g/mol. The van der Waals surface area contributed by atoms with Crippen LogP contribution in [-0.2, 0) is 26.3 Å². The Morgan fingerprint density at radius 1 is 1.32 bits per heavy atom. The number of rotatable bonds is 4. The highest BCUT2D eigenvalue weighted by atomic mass is 35.5. The van der Waals surface area contributed by atoms with Gasteiger partial charge < -0.3 is 4.74 Å². The van der Waals surface area contributed by atoms with Crippen LogP contribution in [0.1, 0.15) is 19.4 Å². The standard InChI is InChI=1S/C14H15ClN2O4S/c1-3-17-8-13(10(2)16-22(17,19)20)14(18)21-9-11-4-6-12(15)7-5-11/h4-8H,3,9H2,1-2H3. The van der Waals surface area contributed by atoms with Crippen LogP contribution in [0.4, 0.5) is 0 Å². The first-order valence-electron chi connectivity index (χ1n) is 6.55. The summed E-state index contributed by atoms with van der Waals surface area (Å²) in [5, 5.41) is 0.594. The van der Waals surface area contributed by atoms with E-state index in [4.69, 9.17) is 16.3 Å². The van der Waals surface area contributed by atoms with Crippen LogP contribution in [-0.4, -0.2) is 30.9 Å². The first kappa shape index (κ1) is 16.5. The van der Waals surface area contributed by atoms with Gasteiger partial charge in [0.05, 0.1) is 11.3 Å². The number of nitrogens with zero attached hydrogens (tertiary/aromatic N) is 2. The molecule has 118 valence electrons. The van der Waals surface area contributed by atoms with E-state index in [1.54, 1.807) is 31.2 Å². The normalized spacial score (nSPS) is 16.8. The van der Waals surface area contributed by atoms with Gasteiger partial charge in [0, 0.05) is 17.8 Å². The van der Waals surface area contributed by atoms with Gasteiger partial charge in [0.1, 0.15) is 6.61 Å². The fourth-order valence-corrected chi connectivity index (χ4v) is 3.08. The van der Waals surface area contributed by atoms with Gasteiger partial charge in [-0.2, -0.15) is 8.42 Å². The quantitative estimate of drug-likeness (QED) is 0.787. The van der Waals surface area contributed by atoms with E-state index in [0.717, 1.165) is 9.87 Å². The summed E-state index contributed by atoms with van der Waals surface area (Å²) in [5.41, 5.74) is 1.03. The Hall–Kier alpha value is -1.86. The zero-order valence-electron chi connectivity index (χ0n) is 12.1. The molecule has 0 saturated heterocycles. The Kier molecular flexibility index (Phi) is 4.87. The summed E-state index contributed by atoms with van der Waals surface area (Å²) in [5.74, 6) is -0.621. The number of hydrogen-bond donors (Lipinski definition) is 0. The number of carbonyl (C=O) groups excluding carboxylic acids is 1. The summed E-state index contributed by atoms with van der Waals surface area (Å²) in [6.07, 6.45) is 1.25. The smallest absolute Gasteiger partial charge is 0.344 e. The molecule has 0 N–H and O–H groups in total. The fourth-order valence-electron chi connectivity index (χ4n) is 1.84. The van der Waals surface area contributed by atoms with E-state index < -0.39 is 16.2 Å². The number of ether oxygens (including phenoxy) is 1. The Bertz CT molecular complexity index is 739. The van der Waals surface area contributed by atoms with Crippen LogP contribution in [0, 0.1) is 0 Å². The van der Waals surface area contributed by atoms with Gasteiger partial charge in [0.15, 0.2) is 0 Å². The molecule has 0 amide bonds. The third-order valence-corrected chi connectivity index (χ3v) is 4.74. The summed E-state index contributed by atoms with van der Waals surface area (Å²) < 4.78 is 33.2. The third kappa shape index (κ3) is 3.66. The van der Waals surface area contributed by atoms with Gasteiger partial charge in [-0.25, -0.2) is 4.79 Å². The second-order valence-electron chi connectivity index (χ2n) is 4.60. The molecule has 22 heavy (non-hydrogen) atoms. The third-order valence-electron chi connectivity index (χ3n) is 3.03. The van der Waals surface area contributed by atoms with Crippen molar-refractivity contribution in [3.05, 3.63) is 46.6 Å². The molecular weight excluding hydrogens is 328 g/mol. The maximum Gasteiger partial charge on any atom is 0.344 e. The largest absolute Gasteiger partial charge is 0.457 e. The van der Waals surface area contributed by atoms with Crippen LogP contribution < -0.4 is 0 Å². The average molecular weight is 343 g/mol. The SMILES string of the molecule is CCN1C=C(C(=O)OCc2ccc(Cl)cc2)C(C)=NS1(=O)=O. The first-order chi connectivity index (χ1) is 10.3. The highest BCUT2D eigenvalue weighted by Gasteiger charge is 2.27. The maximum atomic E-state index is 12.1. The maximum absolute atomic E-state index is 12.1. The molecule has 0 aromatic heterocycles. The van der Waals surface area contributed by atoms with Gasteiger partial charge in [0.2, 0.25) is 0 Å². The predicted octanol–water partition coefficient (Wildman–Crippen LogP) is 2.31. The molecule has 2 rings (SSSR count). The lowest BCUT2D eigenvalue weighted by Gasteiger charge is -2.21. The van der Waals surface area contributed by atoms with Crippen molar-refractivity contribution in [2.75, 3.05) is 6.54 Å². The molecule has 0 radical (unpaired) electrons. The number of carbonyl (C=O) groups is 1. The van der Waals surface area contributed by atoms with E-state index in [0.29, 0.717) is 5.02 Å². The van der Waals surface area contributed by atoms with Crippen molar-refractivity contribution in [2.45, 2.75) is 20.5 Å². The van der Waals surface area contributed by atoms with Crippen LogP contribution in [0.2, 0.25) is 5.02 Å². The van der Waals surface area contributed by atoms with Crippen LogP contribution in [0.3, 0.4) is 0 Å². The Labute approximate surface area is 134 Å². The second-order valence-corrected chi connectivity index (χ2v) is 6.59. The van der Waals surface area contributed by atoms with Crippen molar-refractivity contribution in [3.8, 4) is 0 Å². The van der Waals surface area contributed by atoms with Crippen LogP contribution in [0.5, 0.6) is 0 Å². The molecule has 1 aliphatic heterocycles. The molecule has 1 aliphatic rings. The summed E-state index contributed by atoms with van der Waals surface area (Å²) in [7, 11) is -3.74. The molecule has 0 aliphatic carbocycles. The van der Waals surface area contributed by atoms with Gasteiger partial charge >= 0.3 is 16.2 Å². The first-order valence-corrected chi connectivity index (χ1v) is 8.33. The second kappa shape index (κ2) is 6.50. The van der Waals surface area contributed by atoms with E-state index >= 15 is 0 Å². The van der Waals surface area contributed by atoms with Crippen molar-refractivity contribution in [2.24, 2.45) is 4.40 Å². The highest BCUT2D eigenvalue weighted by molar-refractivity contribution is 7.88. The fraction of sp³-hybridized carbons (Fsp3) is 0.286. The molecule has 1 aromatic rings. The molecule has 8 heteroatoms. The topological polar surface area (TPSA) is 76.0 Å². The molecule has 0 bridgehead atoms. The van der Waals surface area contributed by atoms with E-state index in [1.807, 2.05) is 0 Å². The minimum absolute atomic E-state index is 0.0689. The average Bonchev–Trinajstić information content (AvgIpc) is 2.45. The molecule has 1 heterocycles. The van der Waals surface area contributed by atoms with Crippen molar-refractivity contribution < 1.29 is 17.9 Å². The molecule has 0 unspecified atom stereocenters. The molecule has 0 fully saturated rings. The van der Waals surface area contributed by atoms with Gasteiger partial charge in [-0.15, -0.1) is 4.40 Å². The van der Waals surface area contributed by atoms with Gasteiger partial charge in [-0.3, -0.25) is 4.31 Å². The number of hydrogen-bond acceptors (Lipinski definition) is 4. The minimum atomic E-state index is -3.74. The Morgan fingerprint density at radius 3 is 2.55 bits per heavy atom. The molecule has 0 saturated carbocycles. The van der Waals surface area contributed by atoms with Crippen molar-refractivity contribution in [1.82, 2.24) is 4.31 Å². The molecule has 6 nitrogen and oxygen atoms in total.